The molecule has 7 rings (SSSR count). The molecule has 13 heteroatoms. The lowest BCUT2D eigenvalue weighted by Gasteiger charge is -2.43. The van der Waals surface area contributed by atoms with Gasteiger partial charge in [0.15, 0.2) is 12.3 Å². The zero-order valence-corrected chi connectivity index (χ0v) is 29.2. The topological polar surface area (TPSA) is 151 Å². The van der Waals surface area contributed by atoms with E-state index in [9.17, 15) is 30.7 Å². The van der Waals surface area contributed by atoms with E-state index in [0.29, 0.717) is 39.0 Å². The first-order chi connectivity index (χ1) is 22.6. The third-order valence-corrected chi connectivity index (χ3v) is 12.5. The third kappa shape index (κ3) is 5.17. The fourth-order valence-electron chi connectivity index (χ4n) is 8.67. The second-order valence-corrected chi connectivity index (χ2v) is 16.9. The number of allylic oxidation sites excluding steroid dienone is 1. The van der Waals surface area contributed by atoms with Crippen LogP contribution in [-0.4, -0.2) is 74.1 Å². The molecule has 0 fully saturated rings. The Kier molecular flexibility index (Phi) is 7.83. The zero-order chi connectivity index (χ0) is 34.4. The Hall–Kier alpha value is -3.36. The van der Waals surface area contributed by atoms with Crippen LogP contribution in [0.4, 0.5) is 11.4 Å². The van der Waals surface area contributed by atoms with Crippen molar-refractivity contribution >= 4 is 43.3 Å². The van der Waals surface area contributed by atoms with E-state index in [1.54, 1.807) is 31.2 Å². The molecule has 2 aromatic rings. The third-order valence-electron chi connectivity index (χ3n) is 10.8. The molecule has 0 saturated carbocycles. The molecular formula is C35H41N2O9S2+. The predicted molar refractivity (Wildman–Crippen MR) is 178 cm³/mol. The molecular weight excluding hydrogens is 657 g/mol. The number of ether oxygens (including phenoxy) is 2. The van der Waals surface area contributed by atoms with Crippen LogP contribution in [0.15, 0.2) is 69.1 Å². The van der Waals surface area contributed by atoms with E-state index in [1.165, 1.54) is 12.1 Å². The van der Waals surface area contributed by atoms with Crippen LogP contribution in [0.2, 0.25) is 0 Å². The Bertz CT molecular complexity index is 2060. The fraction of sp³-hybridized carbons (Fsp3) is 0.486. The van der Waals surface area contributed by atoms with Crippen molar-refractivity contribution in [3.63, 3.8) is 0 Å². The molecule has 5 aliphatic rings. The van der Waals surface area contributed by atoms with Gasteiger partial charge in [-0.05, 0) is 88.9 Å². The van der Waals surface area contributed by atoms with Gasteiger partial charge < -0.3 is 14.4 Å². The van der Waals surface area contributed by atoms with Crippen LogP contribution in [0.25, 0.3) is 0 Å². The van der Waals surface area contributed by atoms with Crippen LogP contribution in [0.1, 0.15) is 77.3 Å². The molecule has 0 spiro atoms. The van der Waals surface area contributed by atoms with Gasteiger partial charge in [-0.3, -0.25) is 13.9 Å². The van der Waals surface area contributed by atoms with Gasteiger partial charge in [-0.1, -0.05) is 6.42 Å². The highest BCUT2D eigenvalue weighted by Gasteiger charge is 2.55. The summed E-state index contributed by atoms with van der Waals surface area (Å²) in [5.74, 6) is -0.247. The van der Waals surface area contributed by atoms with E-state index in [4.69, 9.17) is 9.47 Å². The van der Waals surface area contributed by atoms with Gasteiger partial charge in [-0.2, -0.15) is 21.4 Å². The second-order valence-electron chi connectivity index (χ2n) is 14.0. The molecule has 256 valence electrons. The number of nitrogens with zero attached hydrogens (tertiary/aromatic N) is 2. The maximum atomic E-state index is 12.3. The number of hydrogen-bond donors (Lipinski definition) is 2. The van der Waals surface area contributed by atoms with E-state index in [2.05, 4.69) is 36.3 Å². The molecule has 0 amide bonds. The SMILES string of the molecule is CCOC(=O)CCCCC1(C)C2=C3C=C4C5=[N+](CCC4OC3CCN2c2ccc(S(=O)(=O)O)cc21)c1ccc(S(=O)(=O)O)cc1C5(C)C. The zero-order valence-electron chi connectivity index (χ0n) is 27.5. The minimum absolute atomic E-state index is 0.139. The lowest BCUT2D eigenvalue weighted by atomic mass is 9.72. The van der Waals surface area contributed by atoms with Crippen LogP contribution in [0.3, 0.4) is 0 Å². The molecule has 0 radical (unpaired) electrons. The maximum Gasteiger partial charge on any atom is 0.305 e. The van der Waals surface area contributed by atoms with Gasteiger partial charge in [0.05, 0.1) is 34.0 Å². The van der Waals surface area contributed by atoms with Gasteiger partial charge in [0.2, 0.25) is 5.69 Å². The molecule has 0 aromatic heterocycles. The monoisotopic (exact) mass is 697 g/mol. The van der Waals surface area contributed by atoms with E-state index in [0.717, 1.165) is 57.9 Å². The Morgan fingerprint density at radius 3 is 2.35 bits per heavy atom. The summed E-state index contributed by atoms with van der Waals surface area (Å²) in [6, 6.07) is 9.55. The number of esters is 1. The number of hydrogen-bond acceptors (Lipinski definition) is 8. The van der Waals surface area contributed by atoms with E-state index >= 15 is 0 Å². The molecule has 11 nitrogen and oxygen atoms in total. The van der Waals surface area contributed by atoms with Crippen molar-refractivity contribution in [1.82, 2.24) is 0 Å². The molecule has 2 N–H and O–H groups in total. The number of anilines is 1. The Balaban J connectivity index is 1.36. The normalized spacial score (nSPS) is 25.5. The first-order valence-electron chi connectivity index (χ1n) is 16.5. The molecule has 0 aliphatic carbocycles. The second kappa shape index (κ2) is 11.3. The van der Waals surface area contributed by atoms with Crippen molar-refractivity contribution in [3.05, 3.63) is 70.4 Å². The number of carbonyl (C=O) groups is 1. The van der Waals surface area contributed by atoms with Gasteiger partial charge in [0.25, 0.3) is 20.2 Å². The highest BCUT2D eigenvalue weighted by Crippen LogP contribution is 2.56. The molecule has 2 aromatic carbocycles. The number of fused-ring (bicyclic) bond motifs is 8. The first kappa shape index (κ1) is 33.2. The Morgan fingerprint density at radius 1 is 0.979 bits per heavy atom. The Morgan fingerprint density at radius 2 is 1.67 bits per heavy atom. The first-order valence-corrected chi connectivity index (χ1v) is 19.4. The predicted octanol–water partition coefficient (Wildman–Crippen LogP) is 5.21. The lowest BCUT2D eigenvalue weighted by Crippen LogP contribution is -2.47. The van der Waals surface area contributed by atoms with Crippen molar-refractivity contribution in [3.8, 4) is 0 Å². The molecule has 48 heavy (non-hydrogen) atoms. The summed E-state index contributed by atoms with van der Waals surface area (Å²) < 4.78 is 82.7. The molecule has 0 bridgehead atoms. The summed E-state index contributed by atoms with van der Waals surface area (Å²) in [5, 5.41) is 0. The Labute approximate surface area is 281 Å². The summed E-state index contributed by atoms with van der Waals surface area (Å²) in [4.78, 5) is 14.1. The molecule has 5 aliphatic heterocycles. The average molecular weight is 698 g/mol. The minimum Gasteiger partial charge on any atom is -0.466 e. The van der Waals surface area contributed by atoms with E-state index < -0.39 is 31.1 Å². The van der Waals surface area contributed by atoms with Crippen molar-refractivity contribution in [2.75, 3.05) is 24.6 Å². The van der Waals surface area contributed by atoms with Crippen LogP contribution in [-0.2, 0) is 45.3 Å². The minimum atomic E-state index is -4.45. The lowest BCUT2D eigenvalue weighted by molar-refractivity contribution is -0.445. The summed E-state index contributed by atoms with van der Waals surface area (Å²) >= 11 is 0. The number of carbonyl (C=O) groups excluding carboxylic acids is 1. The summed E-state index contributed by atoms with van der Waals surface area (Å²) in [6.07, 6.45) is 5.60. The number of benzene rings is 2. The maximum absolute atomic E-state index is 12.3. The van der Waals surface area contributed by atoms with E-state index in [-0.39, 0.29) is 34.4 Å². The van der Waals surface area contributed by atoms with Gasteiger partial charge in [-0.25, -0.2) is 0 Å². The molecule has 3 unspecified atom stereocenters. The average Bonchev–Trinajstić information content (AvgIpc) is 3.42. The van der Waals surface area contributed by atoms with Crippen LogP contribution >= 0.6 is 0 Å². The number of unbranched alkanes of at least 4 members (excludes halogenated alkanes) is 1. The summed E-state index contributed by atoms with van der Waals surface area (Å²) in [5.41, 5.74) is 6.29. The highest BCUT2D eigenvalue weighted by atomic mass is 32.2. The van der Waals surface area contributed by atoms with Gasteiger partial charge in [0.1, 0.15) is 0 Å². The van der Waals surface area contributed by atoms with Gasteiger partial charge >= 0.3 is 5.97 Å². The van der Waals surface area contributed by atoms with Crippen molar-refractivity contribution in [2.45, 2.75) is 99.0 Å². The quantitative estimate of drug-likeness (QED) is 0.163. The van der Waals surface area contributed by atoms with Crippen molar-refractivity contribution < 1.29 is 44.8 Å². The highest BCUT2D eigenvalue weighted by molar-refractivity contribution is 7.86. The van der Waals surface area contributed by atoms with Crippen molar-refractivity contribution in [2.24, 2.45) is 0 Å². The van der Waals surface area contributed by atoms with Gasteiger partial charge in [0, 0.05) is 59.0 Å². The fourth-order valence-corrected chi connectivity index (χ4v) is 9.68. The largest absolute Gasteiger partial charge is 0.466 e. The summed E-state index contributed by atoms with van der Waals surface area (Å²) in [7, 11) is -8.83. The van der Waals surface area contributed by atoms with Crippen LogP contribution in [0.5, 0.6) is 0 Å². The van der Waals surface area contributed by atoms with Crippen LogP contribution in [0, 0.1) is 0 Å². The summed E-state index contributed by atoms with van der Waals surface area (Å²) in [6.45, 7) is 9.70. The molecule has 5 heterocycles. The molecule has 0 saturated heterocycles. The standard InChI is InChI=1S/C35H40N2O9S2/c1-5-45-31(38)8-6-7-15-35(4)26-19-22(48(42,43)44)10-12-28(26)37-17-14-30-24(33(35)37)20-23-29(46-30)13-16-36-27-11-9-21(47(39,40)41)18-25(27)34(2,3)32(23)36/h9-12,18-20,29-30H,5-8,13-17H2,1-4H3,(H-,39,40,41,42,43,44)/p+1. The smallest absolute Gasteiger partial charge is 0.305 e. The number of rotatable bonds is 8. The molecule has 3 atom stereocenters. The van der Waals surface area contributed by atoms with Gasteiger partial charge in [-0.15, -0.1) is 0 Å². The van der Waals surface area contributed by atoms with Crippen molar-refractivity contribution in [1.29, 1.82) is 0 Å². The van der Waals surface area contributed by atoms with Crippen LogP contribution < -0.4 is 4.90 Å². The van der Waals surface area contributed by atoms with E-state index in [1.807, 2.05) is 0 Å².